The van der Waals surface area contributed by atoms with E-state index in [-0.39, 0.29) is 37.3 Å². The maximum Gasteiger partial charge on any atom is 0.311 e. The first kappa shape index (κ1) is 45.4. The summed E-state index contributed by atoms with van der Waals surface area (Å²) in [6.45, 7) is 18.0. The van der Waals surface area contributed by atoms with Crippen molar-refractivity contribution < 1.29 is 58.7 Å². The number of methoxy groups -OCH3 is 1. The molecule has 3 fully saturated rings. The second kappa shape index (κ2) is 17.8. The van der Waals surface area contributed by atoms with Crippen LogP contribution in [0.1, 0.15) is 94.9 Å². The number of aliphatic hydroxyl groups excluding tert-OH is 3. The van der Waals surface area contributed by atoms with E-state index < -0.39 is 96.0 Å². The van der Waals surface area contributed by atoms with Gasteiger partial charge in [0.15, 0.2) is 12.6 Å². The number of esters is 1. The van der Waals surface area contributed by atoms with Crippen LogP contribution in [-0.4, -0.2) is 166 Å². The summed E-state index contributed by atoms with van der Waals surface area (Å²) >= 11 is 0. The Hall–Kier alpha value is -1.01. The minimum atomic E-state index is -1.80. The van der Waals surface area contributed by atoms with Gasteiger partial charge in [0.25, 0.3) is 0 Å². The number of aliphatic hydroxyl groups is 5. The lowest BCUT2D eigenvalue weighted by molar-refractivity contribution is -0.318. The SMILES string of the molecule is CC[C@H]1OC(=O)C(C)[C@@H](OC2C[C@@](C)(OC)[C@@H](O)C(C)O2)[C@H](C)C(OC2O[C@H](C)C[C@H](N(C)C)C2O)[C@](C)(O)C[C@@H](C)CN(C)C(C)[C@@H](O)[C@]1(C)O. The van der Waals surface area contributed by atoms with E-state index in [1.165, 1.54) is 14.0 Å². The molecule has 0 saturated carbocycles. The Morgan fingerprint density at radius 1 is 0.942 bits per heavy atom. The molecule has 7 unspecified atom stereocenters. The summed E-state index contributed by atoms with van der Waals surface area (Å²) in [5.41, 5.74) is -4.37. The number of ether oxygens (including phenoxy) is 6. The van der Waals surface area contributed by atoms with Crippen LogP contribution in [0.4, 0.5) is 0 Å². The van der Waals surface area contributed by atoms with Gasteiger partial charge < -0.3 is 63.8 Å². The van der Waals surface area contributed by atoms with E-state index in [1.54, 1.807) is 41.5 Å². The van der Waals surface area contributed by atoms with Crippen molar-refractivity contribution in [3.63, 3.8) is 0 Å². The molecule has 18 atom stereocenters. The third kappa shape index (κ3) is 10.0. The van der Waals surface area contributed by atoms with Gasteiger partial charge in [-0.05, 0) is 94.8 Å². The molecular weight excluding hydrogens is 676 g/mol. The predicted molar refractivity (Wildman–Crippen MR) is 194 cm³/mol. The van der Waals surface area contributed by atoms with Gasteiger partial charge in [-0.3, -0.25) is 4.79 Å². The van der Waals surface area contributed by atoms with Gasteiger partial charge in [0.1, 0.15) is 30.0 Å². The van der Waals surface area contributed by atoms with Crippen molar-refractivity contribution in [1.82, 2.24) is 9.80 Å². The van der Waals surface area contributed by atoms with Gasteiger partial charge in [-0.2, -0.15) is 0 Å². The fourth-order valence-electron chi connectivity index (χ4n) is 8.74. The van der Waals surface area contributed by atoms with Gasteiger partial charge in [0, 0.05) is 38.1 Å². The summed E-state index contributed by atoms with van der Waals surface area (Å²) < 4.78 is 37.5. The topological polar surface area (TPSA) is 180 Å². The molecule has 0 amide bonds. The highest BCUT2D eigenvalue weighted by molar-refractivity contribution is 5.73. The van der Waals surface area contributed by atoms with E-state index in [0.29, 0.717) is 13.0 Å². The molecule has 3 aliphatic rings. The Morgan fingerprint density at radius 3 is 2.12 bits per heavy atom. The van der Waals surface area contributed by atoms with Crippen molar-refractivity contribution in [3.8, 4) is 0 Å². The average molecular weight is 749 g/mol. The van der Waals surface area contributed by atoms with Crippen LogP contribution in [0, 0.1) is 17.8 Å². The Labute approximate surface area is 312 Å². The number of cyclic esters (lactones) is 1. The first-order valence-corrected chi connectivity index (χ1v) is 19.1. The lowest BCUT2D eigenvalue weighted by Gasteiger charge is -2.48. The summed E-state index contributed by atoms with van der Waals surface area (Å²) in [5.74, 6) is -2.58. The monoisotopic (exact) mass is 749 g/mol. The summed E-state index contributed by atoms with van der Waals surface area (Å²) in [5, 5.41) is 58.1. The van der Waals surface area contributed by atoms with E-state index in [1.807, 2.05) is 51.7 Å². The van der Waals surface area contributed by atoms with E-state index in [4.69, 9.17) is 28.4 Å². The number of carbonyl (C=O) groups excluding carboxylic acids is 1. The van der Waals surface area contributed by atoms with Crippen LogP contribution in [0.2, 0.25) is 0 Å². The Kier molecular flexibility index (Phi) is 15.6. The number of hydrogen-bond donors (Lipinski definition) is 5. The molecule has 0 radical (unpaired) electrons. The minimum absolute atomic E-state index is 0.133. The van der Waals surface area contributed by atoms with Gasteiger partial charge in [-0.25, -0.2) is 0 Å². The number of rotatable bonds is 7. The van der Waals surface area contributed by atoms with Crippen LogP contribution in [-0.2, 0) is 33.2 Å². The zero-order valence-electron chi connectivity index (χ0n) is 34.2. The van der Waals surface area contributed by atoms with Crippen LogP contribution in [0.3, 0.4) is 0 Å². The van der Waals surface area contributed by atoms with E-state index in [9.17, 15) is 30.3 Å². The van der Waals surface area contributed by atoms with Crippen LogP contribution >= 0.6 is 0 Å². The lowest BCUT2D eigenvalue weighted by atomic mass is 9.77. The van der Waals surface area contributed by atoms with Crippen LogP contribution < -0.4 is 0 Å². The molecule has 3 heterocycles. The van der Waals surface area contributed by atoms with Gasteiger partial charge in [-0.1, -0.05) is 20.8 Å². The zero-order chi connectivity index (χ0) is 39.7. The number of hydrogen-bond acceptors (Lipinski definition) is 14. The van der Waals surface area contributed by atoms with Crippen LogP contribution in [0.15, 0.2) is 0 Å². The third-order valence-corrected chi connectivity index (χ3v) is 12.2. The maximum atomic E-state index is 14.2. The third-order valence-electron chi connectivity index (χ3n) is 12.2. The molecule has 0 bridgehead atoms. The standard InChI is InChI=1S/C38H72N2O12/c1-15-27-38(10,46)31(42)24(6)40(13)19-20(2)17-36(8,45)33(52-35-29(41)26(39(11)12)16-21(3)48-35)22(4)30(23(5)34(44)50-27)51-28-18-37(9,47-14)32(43)25(7)49-28/h20-33,35,41-43,45-46H,15-19H2,1-14H3/t20-,21-,22+,23?,24?,25?,26+,27-,28?,29?,30+,31-,32+,33?,35?,36-,37-,38-/m1/s1. The molecule has 0 aromatic carbocycles. The van der Waals surface area contributed by atoms with Gasteiger partial charge in [0.05, 0.1) is 41.5 Å². The quantitative estimate of drug-likeness (QED) is 0.238. The van der Waals surface area contributed by atoms with E-state index in [2.05, 4.69) is 0 Å². The Morgan fingerprint density at radius 2 is 1.56 bits per heavy atom. The molecule has 306 valence electrons. The highest BCUT2D eigenvalue weighted by Crippen LogP contribution is 2.40. The fourth-order valence-corrected chi connectivity index (χ4v) is 8.74. The second-order valence-corrected chi connectivity index (χ2v) is 17.2. The highest BCUT2D eigenvalue weighted by Gasteiger charge is 2.52. The molecule has 52 heavy (non-hydrogen) atoms. The molecule has 0 spiro atoms. The summed E-state index contributed by atoms with van der Waals surface area (Å²) in [6, 6.07) is -0.808. The van der Waals surface area contributed by atoms with Gasteiger partial charge in [0.2, 0.25) is 0 Å². The number of carbonyl (C=O) groups is 1. The van der Waals surface area contributed by atoms with Crippen LogP contribution in [0.5, 0.6) is 0 Å². The molecule has 0 aromatic rings. The predicted octanol–water partition coefficient (Wildman–Crippen LogP) is 1.90. The van der Waals surface area contributed by atoms with Crippen LogP contribution in [0.25, 0.3) is 0 Å². The summed E-state index contributed by atoms with van der Waals surface area (Å²) in [4.78, 5) is 18.0. The first-order valence-electron chi connectivity index (χ1n) is 19.1. The molecule has 5 N–H and O–H groups in total. The molecule has 14 nitrogen and oxygen atoms in total. The van der Waals surface area contributed by atoms with Crippen molar-refractivity contribution in [3.05, 3.63) is 0 Å². The van der Waals surface area contributed by atoms with Crippen molar-refractivity contribution >= 4 is 5.97 Å². The van der Waals surface area contributed by atoms with Gasteiger partial charge in [-0.15, -0.1) is 0 Å². The molecule has 0 aliphatic carbocycles. The summed E-state index contributed by atoms with van der Waals surface area (Å²) in [6.07, 6.45) is -8.19. The molecule has 3 aliphatic heterocycles. The van der Waals surface area contributed by atoms with E-state index in [0.717, 1.165) is 0 Å². The van der Waals surface area contributed by atoms with Crippen molar-refractivity contribution in [1.29, 1.82) is 0 Å². The molecule has 3 rings (SSSR count). The molecule has 3 saturated heterocycles. The largest absolute Gasteiger partial charge is 0.459 e. The lowest BCUT2D eigenvalue weighted by Crippen LogP contribution is -2.60. The van der Waals surface area contributed by atoms with Crippen molar-refractivity contribution in [2.75, 3.05) is 34.8 Å². The molecular formula is C38H72N2O12. The smallest absolute Gasteiger partial charge is 0.311 e. The molecule has 0 aromatic heterocycles. The molecule has 14 heteroatoms. The average Bonchev–Trinajstić information content (AvgIpc) is 3.05. The Balaban J connectivity index is 2.17. The second-order valence-electron chi connectivity index (χ2n) is 17.2. The number of nitrogens with zero attached hydrogens (tertiary/aromatic N) is 2. The summed E-state index contributed by atoms with van der Waals surface area (Å²) in [7, 11) is 7.12. The minimum Gasteiger partial charge on any atom is -0.459 e. The fraction of sp³-hybridized carbons (Fsp3) is 0.974. The van der Waals surface area contributed by atoms with E-state index >= 15 is 0 Å². The van der Waals surface area contributed by atoms with Crippen molar-refractivity contribution in [2.45, 2.75) is 185 Å². The Bertz CT molecular complexity index is 1140. The normalized spacial score (nSPS) is 49.6. The zero-order valence-corrected chi connectivity index (χ0v) is 34.2. The number of likely N-dealkylation sites (N-methyl/N-ethyl adjacent to an activating group) is 2. The maximum absolute atomic E-state index is 14.2. The first-order chi connectivity index (χ1) is 23.9. The van der Waals surface area contributed by atoms with Gasteiger partial charge >= 0.3 is 5.97 Å². The highest BCUT2D eigenvalue weighted by atomic mass is 16.7. The van der Waals surface area contributed by atoms with Crippen molar-refractivity contribution in [2.24, 2.45) is 17.8 Å².